The molecule has 0 heterocycles. The molecule has 0 spiro atoms. The monoisotopic (exact) mass is 279 g/mol. The third-order valence-corrected chi connectivity index (χ3v) is 3.27. The van der Waals surface area contributed by atoms with Gasteiger partial charge in [0.2, 0.25) is 0 Å². The van der Waals surface area contributed by atoms with Crippen LogP contribution in [0.4, 0.5) is 10.1 Å². The number of nitrogens with one attached hydrogen (secondary N) is 1. The van der Waals surface area contributed by atoms with Gasteiger partial charge in [-0.3, -0.25) is 0 Å². The fourth-order valence-electron chi connectivity index (χ4n) is 1.95. The third kappa shape index (κ3) is 2.99. The zero-order valence-corrected chi connectivity index (χ0v) is 11.5. The molecule has 2 N–H and O–H groups in total. The predicted octanol–water partition coefficient (Wildman–Crippen LogP) is 4.67. The second kappa shape index (κ2) is 5.49. The molecule has 0 saturated carbocycles. The number of hydrogen-bond donors (Lipinski definition) is 2. The van der Waals surface area contributed by atoms with Crippen LogP contribution in [0.5, 0.6) is 5.75 Å². The average Bonchev–Trinajstić information content (AvgIpc) is 2.38. The van der Waals surface area contributed by atoms with Gasteiger partial charge in [0.15, 0.2) is 5.82 Å². The van der Waals surface area contributed by atoms with E-state index in [4.69, 9.17) is 11.6 Å². The van der Waals surface area contributed by atoms with Crippen molar-refractivity contribution in [2.45, 2.75) is 19.9 Å². The fourth-order valence-corrected chi connectivity index (χ4v) is 2.12. The summed E-state index contributed by atoms with van der Waals surface area (Å²) in [5.41, 5.74) is 2.08. The van der Waals surface area contributed by atoms with Crippen molar-refractivity contribution in [3.63, 3.8) is 0 Å². The Labute approximate surface area is 116 Å². The zero-order valence-electron chi connectivity index (χ0n) is 10.7. The van der Waals surface area contributed by atoms with Crippen molar-refractivity contribution in [3.05, 3.63) is 58.4 Å². The lowest BCUT2D eigenvalue weighted by atomic mass is 10.0. The van der Waals surface area contributed by atoms with Crippen LogP contribution in [0.15, 0.2) is 36.4 Å². The van der Waals surface area contributed by atoms with Crippen LogP contribution < -0.4 is 5.32 Å². The Bertz CT molecular complexity index is 601. The summed E-state index contributed by atoms with van der Waals surface area (Å²) in [4.78, 5) is 0. The van der Waals surface area contributed by atoms with Gasteiger partial charge < -0.3 is 10.4 Å². The quantitative estimate of drug-likeness (QED) is 0.856. The van der Waals surface area contributed by atoms with Gasteiger partial charge in [0.25, 0.3) is 0 Å². The standard InChI is InChI=1S/C15H15ClFNO/c1-9-6-7-14(19)11(8-9)10(2)18-13-5-3-4-12(16)15(13)17/h3-8,10,18-19H,1-2H3. The number of halogens is 2. The lowest BCUT2D eigenvalue weighted by Gasteiger charge is -2.18. The van der Waals surface area contributed by atoms with E-state index in [2.05, 4.69) is 5.32 Å². The molecule has 2 aromatic carbocycles. The predicted molar refractivity (Wildman–Crippen MR) is 76.3 cm³/mol. The summed E-state index contributed by atoms with van der Waals surface area (Å²) >= 11 is 5.74. The molecule has 0 bridgehead atoms. The first-order chi connectivity index (χ1) is 8.99. The second-order valence-corrected chi connectivity index (χ2v) is 4.94. The summed E-state index contributed by atoms with van der Waals surface area (Å²) < 4.78 is 13.8. The summed E-state index contributed by atoms with van der Waals surface area (Å²) in [7, 11) is 0. The van der Waals surface area contributed by atoms with E-state index in [9.17, 15) is 9.50 Å². The number of hydrogen-bond acceptors (Lipinski definition) is 2. The molecule has 1 unspecified atom stereocenters. The van der Waals surface area contributed by atoms with Crippen molar-refractivity contribution < 1.29 is 9.50 Å². The van der Waals surface area contributed by atoms with E-state index in [1.807, 2.05) is 26.0 Å². The first kappa shape index (κ1) is 13.7. The molecule has 0 aliphatic carbocycles. The Morgan fingerprint density at radius 2 is 2.00 bits per heavy atom. The molecule has 0 amide bonds. The van der Waals surface area contributed by atoms with Gasteiger partial charge in [-0.25, -0.2) is 4.39 Å². The van der Waals surface area contributed by atoms with E-state index in [0.717, 1.165) is 11.1 Å². The molecule has 1 atom stereocenters. The van der Waals surface area contributed by atoms with Gasteiger partial charge >= 0.3 is 0 Å². The Kier molecular flexibility index (Phi) is 3.96. The lowest BCUT2D eigenvalue weighted by molar-refractivity contribution is 0.465. The maximum Gasteiger partial charge on any atom is 0.164 e. The van der Waals surface area contributed by atoms with Crippen molar-refractivity contribution in [3.8, 4) is 5.75 Å². The van der Waals surface area contributed by atoms with Crippen LogP contribution in [0.25, 0.3) is 0 Å². The van der Waals surface area contributed by atoms with Gasteiger partial charge in [-0.05, 0) is 32.0 Å². The SMILES string of the molecule is Cc1ccc(O)c(C(C)Nc2cccc(Cl)c2F)c1. The van der Waals surface area contributed by atoms with Crippen molar-refractivity contribution in [2.75, 3.05) is 5.32 Å². The van der Waals surface area contributed by atoms with E-state index < -0.39 is 5.82 Å². The van der Waals surface area contributed by atoms with Crippen molar-refractivity contribution in [1.82, 2.24) is 0 Å². The molecule has 100 valence electrons. The number of phenolic OH excluding ortho intramolecular Hbond substituents is 1. The van der Waals surface area contributed by atoms with Gasteiger partial charge in [0, 0.05) is 5.56 Å². The normalized spacial score (nSPS) is 12.2. The minimum atomic E-state index is -0.483. The van der Waals surface area contributed by atoms with Crippen molar-refractivity contribution >= 4 is 17.3 Å². The Balaban J connectivity index is 2.28. The first-order valence-electron chi connectivity index (χ1n) is 5.99. The first-order valence-corrected chi connectivity index (χ1v) is 6.37. The number of rotatable bonds is 3. The smallest absolute Gasteiger partial charge is 0.164 e. The molecular weight excluding hydrogens is 265 g/mol. The maximum atomic E-state index is 13.8. The highest BCUT2D eigenvalue weighted by Crippen LogP contribution is 2.30. The average molecular weight is 280 g/mol. The minimum absolute atomic E-state index is 0.0747. The Morgan fingerprint density at radius 3 is 2.74 bits per heavy atom. The van der Waals surface area contributed by atoms with E-state index in [-0.39, 0.29) is 16.8 Å². The molecule has 2 aromatic rings. The number of phenols is 1. The molecule has 2 nitrogen and oxygen atoms in total. The highest BCUT2D eigenvalue weighted by atomic mass is 35.5. The highest BCUT2D eigenvalue weighted by molar-refractivity contribution is 6.31. The molecule has 0 radical (unpaired) electrons. The van der Waals surface area contributed by atoms with Crippen LogP contribution in [-0.4, -0.2) is 5.11 Å². The van der Waals surface area contributed by atoms with Crippen molar-refractivity contribution in [1.29, 1.82) is 0 Å². The van der Waals surface area contributed by atoms with Gasteiger partial charge in [-0.15, -0.1) is 0 Å². The minimum Gasteiger partial charge on any atom is -0.508 e. The van der Waals surface area contributed by atoms with E-state index >= 15 is 0 Å². The Hall–Kier alpha value is -1.74. The largest absolute Gasteiger partial charge is 0.508 e. The van der Waals surface area contributed by atoms with E-state index in [0.29, 0.717) is 5.69 Å². The second-order valence-electron chi connectivity index (χ2n) is 4.53. The van der Waals surface area contributed by atoms with Gasteiger partial charge in [-0.1, -0.05) is 35.4 Å². The van der Waals surface area contributed by atoms with Gasteiger partial charge in [-0.2, -0.15) is 0 Å². The number of aromatic hydroxyl groups is 1. The number of benzene rings is 2. The zero-order chi connectivity index (χ0) is 14.0. The molecule has 0 aromatic heterocycles. The summed E-state index contributed by atoms with van der Waals surface area (Å²) in [6.45, 7) is 3.80. The fraction of sp³-hybridized carbons (Fsp3) is 0.200. The molecule has 19 heavy (non-hydrogen) atoms. The molecule has 0 fully saturated rings. The molecule has 0 aliphatic heterocycles. The summed E-state index contributed by atoms with van der Waals surface area (Å²) in [6, 6.07) is 9.89. The summed E-state index contributed by atoms with van der Waals surface area (Å²) in [5.74, 6) is -0.295. The molecule has 0 saturated heterocycles. The van der Waals surface area contributed by atoms with E-state index in [1.54, 1.807) is 18.2 Å². The van der Waals surface area contributed by atoms with Crippen LogP contribution >= 0.6 is 11.6 Å². The van der Waals surface area contributed by atoms with Crippen LogP contribution in [-0.2, 0) is 0 Å². The van der Waals surface area contributed by atoms with Crippen LogP contribution in [0, 0.1) is 12.7 Å². The molecule has 2 rings (SSSR count). The van der Waals surface area contributed by atoms with Gasteiger partial charge in [0.05, 0.1) is 16.8 Å². The molecule has 4 heteroatoms. The Morgan fingerprint density at radius 1 is 1.26 bits per heavy atom. The van der Waals surface area contributed by atoms with Crippen molar-refractivity contribution in [2.24, 2.45) is 0 Å². The van der Waals surface area contributed by atoms with Gasteiger partial charge in [0.1, 0.15) is 5.75 Å². The number of aryl methyl sites for hydroxylation is 1. The molecule has 0 aliphatic rings. The number of anilines is 1. The van der Waals surface area contributed by atoms with Crippen LogP contribution in [0.3, 0.4) is 0 Å². The third-order valence-electron chi connectivity index (χ3n) is 2.97. The maximum absolute atomic E-state index is 13.8. The van der Waals surface area contributed by atoms with Crippen LogP contribution in [0.1, 0.15) is 24.1 Å². The summed E-state index contributed by atoms with van der Waals surface area (Å²) in [5, 5.41) is 12.9. The topological polar surface area (TPSA) is 32.3 Å². The highest BCUT2D eigenvalue weighted by Gasteiger charge is 2.13. The van der Waals surface area contributed by atoms with E-state index in [1.165, 1.54) is 6.07 Å². The summed E-state index contributed by atoms with van der Waals surface area (Å²) in [6.07, 6.45) is 0. The van der Waals surface area contributed by atoms with Crippen LogP contribution in [0.2, 0.25) is 5.02 Å². The molecular formula is C15H15ClFNO. The lowest BCUT2D eigenvalue weighted by Crippen LogP contribution is -2.08.